The lowest BCUT2D eigenvalue weighted by atomic mass is 9.89. The summed E-state index contributed by atoms with van der Waals surface area (Å²) >= 11 is 0. The second kappa shape index (κ2) is 10.0. The zero-order valence-corrected chi connectivity index (χ0v) is 14.2. The molecule has 4 heteroatoms. The number of benzene rings is 1. The number of rotatable bonds is 11. The second-order valence-corrected chi connectivity index (χ2v) is 6.00. The number of unbranched alkanes of at least 4 members (excludes halogenated alkanes) is 5. The first kappa shape index (κ1) is 19.2. The summed E-state index contributed by atoms with van der Waals surface area (Å²) < 4.78 is 0. The van der Waals surface area contributed by atoms with E-state index in [4.69, 9.17) is 0 Å². The van der Waals surface area contributed by atoms with Crippen LogP contribution < -0.4 is 0 Å². The molecule has 0 fully saturated rings. The van der Waals surface area contributed by atoms with Crippen molar-refractivity contribution in [2.24, 2.45) is 0 Å². The van der Waals surface area contributed by atoms with Gasteiger partial charge in [0.2, 0.25) is 0 Å². The van der Waals surface area contributed by atoms with E-state index in [0.717, 1.165) is 56.1 Å². The summed E-state index contributed by atoms with van der Waals surface area (Å²) in [7, 11) is 0. The summed E-state index contributed by atoms with van der Waals surface area (Å²) in [6.45, 7) is 4.25. The molecule has 0 saturated carbocycles. The monoisotopic (exact) mass is 320 g/mol. The molecule has 0 atom stereocenters. The molecule has 0 unspecified atom stereocenters. The van der Waals surface area contributed by atoms with Crippen molar-refractivity contribution in [3.63, 3.8) is 0 Å². The largest absolute Gasteiger partial charge is 0.478 e. The first-order valence-electron chi connectivity index (χ1n) is 8.64. The SMILES string of the molecule is CCCCCCc1ccc(C(=O)O)c(C(=O)O)c1CCCCC. The van der Waals surface area contributed by atoms with Crippen LogP contribution in [0.25, 0.3) is 0 Å². The summed E-state index contributed by atoms with van der Waals surface area (Å²) in [4.78, 5) is 23.0. The van der Waals surface area contributed by atoms with Crippen LogP contribution in [0.1, 0.15) is 90.6 Å². The van der Waals surface area contributed by atoms with Crippen LogP contribution >= 0.6 is 0 Å². The lowest BCUT2D eigenvalue weighted by Gasteiger charge is -2.15. The van der Waals surface area contributed by atoms with E-state index in [9.17, 15) is 19.8 Å². The molecule has 1 aromatic carbocycles. The zero-order chi connectivity index (χ0) is 17.2. The Balaban J connectivity index is 3.13. The fourth-order valence-electron chi connectivity index (χ4n) is 2.93. The number of carboxylic acid groups (broad SMARTS) is 2. The van der Waals surface area contributed by atoms with Gasteiger partial charge in [-0.25, -0.2) is 9.59 Å². The first-order chi connectivity index (χ1) is 11.0. The molecule has 0 amide bonds. The number of carbonyl (C=O) groups is 2. The van der Waals surface area contributed by atoms with Crippen molar-refractivity contribution in [1.29, 1.82) is 0 Å². The van der Waals surface area contributed by atoms with Crippen molar-refractivity contribution in [2.45, 2.75) is 71.6 Å². The summed E-state index contributed by atoms with van der Waals surface area (Å²) in [6.07, 6.45) is 8.88. The van der Waals surface area contributed by atoms with Crippen LogP contribution in [0.3, 0.4) is 0 Å². The van der Waals surface area contributed by atoms with E-state index in [2.05, 4.69) is 13.8 Å². The maximum atomic E-state index is 11.6. The number of carboxylic acids is 2. The molecule has 0 spiro atoms. The standard InChI is InChI=1S/C19H28O4/c1-3-5-7-9-10-14-12-13-16(18(20)21)17(19(22)23)15(14)11-8-6-4-2/h12-13H,3-11H2,1-2H3,(H,20,21)(H,22,23). The number of aromatic carboxylic acids is 2. The summed E-state index contributed by atoms with van der Waals surface area (Å²) in [5.41, 5.74) is 1.62. The van der Waals surface area contributed by atoms with Crippen LogP contribution in [-0.2, 0) is 12.8 Å². The van der Waals surface area contributed by atoms with Gasteiger partial charge >= 0.3 is 11.9 Å². The first-order valence-corrected chi connectivity index (χ1v) is 8.64. The minimum Gasteiger partial charge on any atom is -0.478 e. The predicted molar refractivity (Wildman–Crippen MR) is 91.4 cm³/mol. The second-order valence-electron chi connectivity index (χ2n) is 6.00. The molecule has 0 heterocycles. The molecule has 0 aliphatic rings. The van der Waals surface area contributed by atoms with Gasteiger partial charge in [0.15, 0.2) is 0 Å². The predicted octanol–water partition coefficient (Wildman–Crippen LogP) is 4.94. The molecule has 23 heavy (non-hydrogen) atoms. The average molecular weight is 320 g/mol. The van der Waals surface area contributed by atoms with E-state index in [0.29, 0.717) is 6.42 Å². The summed E-state index contributed by atoms with van der Waals surface area (Å²) in [6, 6.07) is 3.26. The van der Waals surface area contributed by atoms with Crippen molar-refractivity contribution < 1.29 is 19.8 Å². The normalized spacial score (nSPS) is 10.7. The van der Waals surface area contributed by atoms with Gasteiger partial charge in [0.1, 0.15) is 0 Å². The van der Waals surface area contributed by atoms with E-state index >= 15 is 0 Å². The highest BCUT2D eigenvalue weighted by atomic mass is 16.4. The molecule has 0 radical (unpaired) electrons. The van der Waals surface area contributed by atoms with E-state index in [1.165, 1.54) is 12.5 Å². The Bertz CT molecular complexity index is 534. The maximum Gasteiger partial charge on any atom is 0.336 e. The topological polar surface area (TPSA) is 74.6 Å². The Kier molecular flexibility index (Phi) is 8.38. The Morgan fingerprint density at radius 2 is 1.43 bits per heavy atom. The van der Waals surface area contributed by atoms with Gasteiger partial charge in [0.25, 0.3) is 0 Å². The van der Waals surface area contributed by atoms with Crippen molar-refractivity contribution in [1.82, 2.24) is 0 Å². The summed E-state index contributed by atoms with van der Waals surface area (Å²) in [5.74, 6) is -2.30. The highest BCUT2D eigenvalue weighted by Crippen LogP contribution is 2.24. The molecule has 128 valence electrons. The Morgan fingerprint density at radius 1 is 0.826 bits per heavy atom. The zero-order valence-electron chi connectivity index (χ0n) is 14.2. The van der Waals surface area contributed by atoms with E-state index in [-0.39, 0.29) is 11.1 Å². The van der Waals surface area contributed by atoms with Crippen LogP contribution in [0.15, 0.2) is 12.1 Å². The van der Waals surface area contributed by atoms with Gasteiger partial charge in [-0.15, -0.1) is 0 Å². The highest BCUT2D eigenvalue weighted by Gasteiger charge is 2.22. The molecule has 0 aliphatic carbocycles. The van der Waals surface area contributed by atoms with Crippen molar-refractivity contribution in [3.8, 4) is 0 Å². The fourth-order valence-corrected chi connectivity index (χ4v) is 2.93. The molecular formula is C19H28O4. The van der Waals surface area contributed by atoms with Crippen LogP contribution in [-0.4, -0.2) is 22.2 Å². The maximum absolute atomic E-state index is 11.6. The van der Waals surface area contributed by atoms with Crippen LogP contribution in [0.2, 0.25) is 0 Å². The van der Waals surface area contributed by atoms with E-state index in [1.54, 1.807) is 0 Å². The summed E-state index contributed by atoms with van der Waals surface area (Å²) in [5, 5.41) is 18.8. The number of aryl methyl sites for hydroxylation is 1. The van der Waals surface area contributed by atoms with Crippen molar-refractivity contribution in [2.75, 3.05) is 0 Å². The number of hydrogen-bond donors (Lipinski definition) is 2. The van der Waals surface area contributed by atoms with Crippen molar-refractivity contribution in [3.05, 3.63) is 34.4 Å². The van der Waals surface area contributed by atoms with Crippen LogP contribution in [0.5, 0.6) is 0 Å². The molecule has 4 nitrogen and oxygen atoms in total. The molecular weight excluding hydrogens is 292 g/mol. The molecule has 0 bridgehead atoms. The van der Waals surface area contributed by atoms with Crippen LogP contribution in [0, 0.1) is 0 Å². The van der Waals surface area contributed by atoms with Gasteiger partial charge in [-0.05, 0) is 42.9 Å². The third kappa shape index (κ3) is 5.70. The Morgan fingerprint density at radius 3 is 2.00 bits per heavy atom. The minimum absolute atomic E-state index is 0.0124. The number of hydrogen-bond acceptors (Lipinski definition) is 2. The lowest BCUT2D eigenvalue weighted by molar-refractivity contribution is 0.0650. The molecule has 0 saturated heterocycles. The molecule has 2 N–H and O–H groups in total. The smallest absolute Gasteiger partial charge is 0.336 e. The van der Waals surface area contributed by atoms with E-state index in [1.807, 2.05) is 6.07 Å². The lowest BCUT2D eigenvalue weighted by Crippen LogP contribution is -2.14. The average Bonchev–Trinajstić information content (AvgIpc) is 2.51. The molecule has 1 aromatic rings. The van der Waals surface area contributed by atoms with Gasteiger partial charge in [-0.2, -0.15) is 0 Å². The molecule has 0 aromatic heterocycles. The van der Waals surface area contributed by atoms with Crippen molar-refractivity contribution >= 4 is 11.9 Å². The van der Waals surface area contributed by atoms with Gasteiger partial charge in [-0.3, -0.25) is 0 Å². The molecule has 1 rings (SSSR count). The van der Waals surface area contributed by atoms with Gasteiger partial charge in [0, 0.05) is 0 Å². The third-order valence-electron chi connectivity index (χ3n) is 4.18. The van der Waals surface area contributed by atoms with E-state index < -0.39 is 11.9 Å². The van der Waals surface area contributed by atoms with Crippen LogP contribution in [0.4, 0.5) is 0 Å². The van der Waals surface area contributed by atoms with Gasteiger partial charge in [-0.1, -0.05) is 52.0 Å². The third-order valence-corrected chi connectivity index (χ3v) is 4.18. The quantitative estimate of drug-likeness (QED) is 0.566. The Hall–Kier alpha value is -1.84. The Labute approximate surface area is 138 Å². The minimum atomic E-state index is -1.17. The fraction of sp³-hybridized carbons (Fsp3) is 0.579. The highest BCUT2D eigenvalue weighted by molar-refractivity contribution is 6.03. The van der Waals surface area contributed by atoms with Gasteiger partial charge in [0.05, 0.1) is 11.1 Å². The van der Waals surface area contributed by atoms with Gasteiger partial charge < -0.3 is 10.2 Å². The molecule has 0 aliphatic heterocycles.